The summed E-state index contributed by atoms with van der Waals surface area (Å²) >= 11 is 3.36. The largest absolute Gasteiger partial charge is 0.416 e. The van der Waals surface area contributed by atoms with Crippen molar-refractivity contribution in [2.24, 2.45) is 0 Å². The molecule has 2 nitrogen and oxygen atoms in total. The smallest absolute Gasteiger partial charge is 0.335 e. The number of hydrogen-bond acceptors (Lipinski definition) is 1. The number of alkyl halides is 4. The van der Waals surface area contributed by atoms with Crippen molar-refractivity contribution < 1.29 is 18.0 Å². The Bertz CT molecular complexity index is 489. The lowest BCUT2D eigenvalue weighted by Crippen LogP contribution is -2.28. The molecule has 0 N–H and O–H groups in total. The van der Waals surface area contributed by atoms with Crippen LogP contribution in [-0.2, 0) is 11.0 Å². The maximum atomic E-state index is 12.7. The van der Waals surface area contributed by atoms with Crippen LogP contribution in [-0.4, -0.2) is 22.2 Å². The lowest BCUT2D eigenvalue weighted by atomic mass is 10.0. The van der Waals surface area contributed by atoms with Crippen LogP contribution in [0.25, 0.3) is 0 Å². The number of rotatable bonds is 2. The number of amides is 1. The Kier molecular flexibility index (Phi) is 3.90. The highest BCUT2D eigenvalue weighted by atomic mass is 79.9. The van der Waals surface area contributed by atoms with Gasteiger partial charge in [-0.25, -0.2) is 0 Å². The zero-order valence-corrected chi connectivity index (χ0v) is 11.8. The quantitative estimate of drug-likeness (QED) is 0.753. The summed E-state index contributed by atoms with van der Waals surface area (Å²) in [6, 6.07) is 4.79. The van der Waals surface area contributed by atoms with Crippen LogP contribution in [0.15, 0.2) is 24.3 Å². The molecule has 1 saturated heterocycles. The van der Waals surface area contributed by atoms with Crippen LogP contribution in [0.1, 0.15) is 30.5 Å². The minimum absolute atomic E-state index is 0.0354. The van der Waals surface area contributed by atoms with E-state index in [1.54, 1.807) is 17.9 Å². The molecule has 0 radical (unpaired) electrons. The molecule has 19 heavy (non-hydrogen) atoms. The van der Waals surface area contributed by atoms with Crippen molar-refractivity contribution in [3.05, 3.63) is 35.4 Å². The third-order valence-corrected chi connectivity index (χ3v) is 3.89. The molecule has 0 bridgehead atoms. The van der Waals surface area contributed by atoms with Gasteiger partial charge >= 0.3 is 6.18 Å². The van der Waals surface area contributed by atoms with Crippen molar-refractivity contribution >= 4 is 21.8 Å². The fourth-order valence-corrected chi connectivity index (χ4v) is 2.80. The predicted molar refractivity (Wildman–Crippen MR) is 68.9 cm³/mol. The highest BCUT2D eigenvalue weighted by molar-refractivity contribution is 9.09. The molecule has 2 rings (SSSR count). The van der Waals surface area contributed by atoms with Gasteiger partial charge in [-0.1, -0.05) is 28.1 Å². The Hall–Kier alpha value is -1.04. The lowest BCUT2D eigenvalue weighted by Gasteiger charge is -2.25. The van der Waals surface area contributed by atoms with Crippen molar-refractivity contribution in [2.45, 2.75) is 30.4 Å². The van der Waals surface area contributed by atoms with Gasteiger partial charge in [0.25, 0.3) is 0 Å². The third kappa shape index (κ3) is 3.11. The molecule has 1 aromatic rings. The van der Waals surface area contributed by atoms with Crippen LogP contribution in [0, 0.1) is 0 Å². The number of halogens is 4. The van der Waals surface area contributed by atoms with Gasteiger partial charge in [0.05, 0.1) is 11.6 Å². The maximum Gasteiger partial charge on any atom is 0.416 e. The Morgan fingerprint density at radius 3 is 2.63 bits per heavy atom. The monoisotopic (exact) mass is 335 g/mol. The zero-order chi connectivity index (χ0) is 14.2. The van der Waals surface area contributed by atoms with Gasteiger partial charge in [0.1, 0.15) is 0 Å². The second-order valence-corrected chi connectivity index (χ2v) is 5.94. The SMILES string of the molecule is CC(c1cccc(C(F)(F)F)c1)N1CC(Br)CC1=O. The predicted octanol–water partition coefficient (Wildman–Crippen LogP) is 3.76. The van der Waals surface area contributed by atoms with Gasteiger partial charge in [0, 0.05) is 17.8 Å². The lowest BCUT2D eigenvalue weighted by molar-refractivity contribution is -0.137. The van der Waals surface area contributed by atoms with E-state index in [-0.39, 0.29) is 16.8 Å². The second kappa shape index (κ2) is 5.15. The van der Waals surface area contributed by atoms with E-state index < -0.39 is 11.7 Å². The Balaban J connectivity index is 2.25. The minimum atomic E-state index is -4.36. The first-order valence-corrected chi connectivity index (χ1v) is 6.81. The van der Waals surface area contributed by atoms with Gasteiger partial charge in [-0.3, -0.25) is 4.79 Å². The molecule has 1 amide bonds. The van der Waals surface area contributed by atoms with Crippen LogP contribution >= 0.6 is 15.9 Å². The number of benzene rings is 1. The van der Waals surface area contributed by atoms with E-state index in [0.29, 0.717) is 18.5 Å². The van der Waals surface area contributed by atoms with Crippen LogP contribution in [0.3, 0.4) is 0 Å². The third-order valence-electron chi connectivity index (χ3n) is 3.28. The van der Waals surface area contributed by atoms with Crippen molar-refractivity contribution in [3.8, 4) is 0 Å². The summed E-state index contributed by atoms with van der Waals surface area (Å²) in [6.45, 7) is 2.27. The molecule has 1 heterocycles. The molecule has 2 unspecified atom stereocenters. The van der Waals surface area contributed by atoms with Crippen molar-refractivity contribution in [1.82, 2.24) is 4.90 Å². The molecular weight excluding hydrogens is 323 g/mol. The van der Waals surface area contributed by atoms with Gasteiger partial charge in [-0.2, -0.15) is 13.2 Å². The first-order chi connectivity index (χ1) is 8.79. The zero-order valence-electron chi connectivity index (χ0n) is 10.2. The maximum absolute atomic E-state index is 12.7. The molecule has 0 aromatic heterocycles. The summed E-state index contributed by atoms with van der Waals surface area (Å²) in [5, 5.41) is 0. The summed E-state index contributed by atoms with van der Waals surface area (Å²) < 4.78 is 38.0. The van der Waals surface area contributed by atoms with Gasteiger partial charge in [-0.05, 0) is 24.6 Å². The average Bonchev–Trinajstić information content (AvgIpc) is 2.66. The van der Waals surface area contributed by atoms with Crippen LogP contribution < -0.4 is 0 Å². The summed E-state index contributed by atoms with van der Waals surface area (Å²) in [5.74, 6) is -0.0354. The Labute approximate surface area is 117 Å². The van der Waals surface area contributed by atoms with Gasteiger partial charge in [0.2, 0.25) is 5.91 Å². The first-order valence-electron chi connectivity index (χ1n) is 5.89. The molecule has 0 saturated carbocycles. The summed E-state index contributed by atoms with van der Waals surface area (Å²) in [5.41, 5.74) is -0.177. The van der Waals surface area contributed by atoms with E-state index in [2.05, 4.69) is 15.9 Å². The Morgan fingerprint density at radius 2 is 2.11 bits per heavy atom. The molecule has 1 aliphatic heterocycles. The number of carbonyl (C=O) groups excluding carboxylic acids is 1. The van der Waals surface area contributed by atoms with E-state index >= 15 is 0 Å². The molecule has 1 aliphatic rings. The molecule has 2 atom stereocenters. The standard InChI is InChI=1S/C13H13BrF3NO/c1-8(18-7-11(14)6-12(18)19)9-3-2-4-10(5-9)13(15,16)17/h2-5,8,11H,6-7H2,1H3. The number of nitrogens with zero attached hydrogens (tertiary/aromatic N) is 1. The average molecular weight is 336 g/mol. The minimum Gasteiger partial charge on any atom is -0.335 e. The fraction of sp³-hybridized carbons (Fsp3) is 0.462. The van der Waals surface area contributed by atoms with Crippen LogP contribution in [0.5, 0.6) is 0 Å². The summed E-state index contributed by atoms with van der Waals surface area (Å²) in [6.07, 6.45) is -3.97. The molecule has 0 spiro atoms. The highest BCUT2D eigenvalue weighted by Crippen LogP contribution is 2.33. The second-order valence-electron chi connectivity index (χ2n) is 4.65. The van der Waals surface area contributed by atoms with Crippen molar-refractivity contribution in [1.29, 1.82) is 0 Å². The molecule has 0 aliphatic carbocycles. The van der Waals surface area contributed by atoms with Crippen molar-refractivity contribution in [2.75, 3.05) is 6.54 Å². The van der Waals surface area contributed by atoms with E-state index in [1.165, 1.54) is 6.07 Å². The first kappa shape index (κ1) is 14.4. The topological polar surface area (TPSA) is 20.3 Å². The van der Waals surface area contributed by atoms with E-state index in [9.17, 15) is 18.0 Å². The van der Waals surface area contributed by atoms with Crippen LogP contribution in [0.2, 0.25) is 0 Å². The van der Waals surface area contributed by atoms with E-state index in [1.807, 2.05) is 0 Å². The fourth-order valence-electron chi connectivity index (χ4n) is 2.22. The Morgan fingerprint density at radius 1 is 1.42 bits per heavy atom. The van der Waals surface area contributed by atoms with Crippen LogP contribution in [0.4, 0.5) is 13.2 Å². The highest BCUT2D eigenvalue weighted by Gasteiger charge is 2.34. The molecular formula is C13H13BrF3NO. The molecule has 104 valence electrons. The summed E-state index contributed by atoms with van der Waals surface area (Å²) in [7, 11) is 0. The number of likely N-dealkylation sites (tertiary alicyclic amines) is 1. The number of carbonyl (C=O) groups is 1. The van der Waals surface area contributed by atoms with Gasteiger partial charge in [-0.15, -0.1) is 0 Å². The van der Waals surface area contributed by atoms with Gasteiger partial charge in [0.15, 0.2) is 0 Å². The molecule has 1 aromatic carbocycles. The molecule has 1 fully saturated rings. The normalized spacial score (nSPS) is 21.8. The van der Waals surface area contributed by atoms with E-state index in [0.717, 1.165) is 12.1 Å². The molecule has 6 heteroatoms. The van der Waals surface area contributed by atoms with Crippen molar-refractivity contribution in [3.63, 3.8) is 0 Å². The summed E-state index contributed by atoms with van der Waals surface area (Å²) in [4.78, 5) is 13.4. The van der Waals surface area contributed by atoms with E-state index in [4.69, 9.17) is 0 Å². The number of hydrogen-bond donors (Lipinski definition) is 0. The van der Waals surface area contributed by atoms with Gasteiger partial charge < -0.3 is 4.90 Å².